The van der Waals surface area contributed by atoms with Crippen LogP contribution in [0.25, 0.3) is 0 Å². The Morgan fingerprint density at radius 2 is 2.17 bits per heavy atom. The van der Waals surface area contributed by atoms with E-state index in [0.29, 0.717) is 6.54 Å². The SMILES string of the molecule is CCNC(=NCC1(c2ccccc2OC)CC1)N1CC[C@@H](O)C1.I. The number of aliphatic hydroxyl groups excluding tert-OH is 1. The molecule has 24 heavy (non-hydrogen) atoms. The molecule has 0 bridgehead atoms. The largest absolute Gasteiger partial charge is 0.496 e. The van der Waals surface area contributed by atoms with Crippen LogP contribution in [0.15, 0.2) is 29.3 Å². The van der Waals surface area contributed by atoms with Gasteiger partial charge in [0.1, 0.15) is 5.75 Å². The van der Waals surface area contributed by atoms with Crippen molar-refractivity contribution in [2.75, 3.05) is 33.3 Å². The van der Waals surface area contributed by atoms with E-state index in [9.17, 15) is 5.11 Å². The molecule has 1 saturated carbocycles. The lowest BCUT2D eigenvalue weighted by atomic mass is 9.95. The Hall–Kier alpha value is -1.02. The van der Waals surface area contributed by atoms with Gasteiger partial charge < -0.3 is 20.1 Å². The smallest absolute Gasteiger partial charge is 0.194 e. The number of aliphatic imine (C=N–C) groups is 1. The fourth-order valence-electron chi connectivity index (χ4n) is 3.33. The number of halogens is 1. The van der Waals surface area contributed by atoms with E-state index >= 15 is 0 Å². The molecule has 3 rings (SSSR count). The van der Waals surface area contributed by atoms with Crippen molar-refractivity contribution >= 4 is 29.9 Å². The first kappa shape index (κ1) is 19.3. The van der Waals surface area contributed by atoms with Crippen molar-refractivity contribution in [1.82, 2.24) is 10.2 Å². The normalized spacial score (nSPS) is 22.0. The Bertz CT molecular complexity index is 575. The molecule has 1 aromatic rings. The highest BCUT2D eigenvalue weighted by atomic mass is 127. The van der Waals surface area contributed by atoms with Crippen LogP contribution in [0.2, 0.25) is 0 Å². The Kier molecular flexibility index (Phi) is 6.74. The second-order valence-corrected chi connectivity index (χ2v) is 6.54. The topological polar surface area (TPSA) is 57.1 Å². The summed E-state index contributed by atoms with van der Waals surface area (Å²) in [5.41, 5.74) is 1.38. The van der Waals surface area contributed by atoms with Crippen molar-refractivity contribution in [3.63, 3.8) is 0 Å². The van der Waals surface area contributed by atoms with E-state index in [4.69, 9.17) is 9.73 Å². The first-order valence-corrected chi connectivity index (χ1v) is 8.53. The summed E-state index contributed by atoms with van der Waals surface area (Å²) in [5.74, 6) is 1.88. The zero-order valence-corrected chi connectivity index (χ0v) is 16.8. The zero-order valence-electron chi connectivity index (χ0n) is 14.5. The van der Waals surface area contributed by atoms with Gasteiger partial charge in [0.05, 0.1) is 19.8 Å². The number of hydrogen-bond acceptors (Lipinski definition) is 3. The number of rotatable bonds is 5. The van der Waals surface area contributed by atoms with Crippen molar-refractivity contribution in [2.45, 2.75) is 37.7 Å². The molecular formula is C18H28IN3O2. The summed E-state index contributed by atoms with van der Waals surface area (Å²) in [6.07, 6.45) is 2.89. The standard InChI is InChI=1S/C18H27N3O2.HI/c1-3-19-17(21-11-8-14(22)12-21)20-13-18(9-10-18)15-6-4-5-7-16(15)23-2;/h4-7,14,22H,3,8-13H2,1-2H3,(H,19,20);1H/t14-;/m1./s1. The molecule has 0 unspecified atom stereocenters. The molecule has 1 saturated heterocycles. The summed E-state index contributed by atoms with van der Waals surface area (Å²) in [6.45, 7) is 5.23. The van der Waals surface area contributed by atoms with Gasteiger partial charge in [0, 0.05) is 30.6 Å². The zero-order chi connectivity index (χ0) is 16.3. The molecule has 1 aliphatic heterocycles. The Labute approximate surface area is 161 Å². The number of likely N-dealkylation sites (tertiary alicyclic amines) is 1. The highest BCUT2D eigenvalue weighted by Gasteiger charge is 2.46. The van der Waals surface area contributed by atoms with Gasteiger partial charge in [0.15, 0.2) is 5.96 Å². The van der Waals surface area contributed by atoms with Gasteiger partial charge in [0.25, 0.3) is 0 Å². The van der Waals surface area contributed by atoms with Crippen molar-refractivity contribution in [3.05, 3.63) is 29.8 Å². The number of benzene rings is 1. The van der Waals surface area contributed by atoms with Crippen LogP contribution in [0.3, 0.4) is 0 Å². The summed E-state index contributed by atoms with van der Waals surface area (Å²) in [4.78, 5) is 7.04. The van der Waals surface area contributed by atoms with Crippen molar-refractivity contribution in [2.24, 2.45) is 4.99 Å². The quantitative estimate of drug-likeness (QED) is 0.415. The Morgan fingerprint density at radius 3 is 2.75 bits per heavy atom. The summed E-state index contributed by atoms with van der Waals surface area (Å²) in [5, 5.41) is 13.1. The van der Waals surface area contributed by atoms with Crippen molar-refractivity contribution in [3.8, 4) is 5.75 Å². The average molecular weight is 445 g/mol. The van der Waals surface area contributed by atoms with Gasteiger partial charge in [-0.25, -0.2) is 0 Å². The van der Waals surface area contributed by atoms with Crippen molar-refractivity contribution in [1.29, 1.82) is 0 Å². The van der Waals surface area contributed by atoms with Crippen LogP contribution in [-0.2, 0) is 5.41 Å². The maximum absolute atomic E-state index is 9.76. The van der Waals surface area contributed by atoms with Gasteiger partial charge in [0.2, 0.25) is 0 Å². The molecule has 1 heterocycles. The first-order chi connectivity index (χ1) is 11.2. The lowest BCUT2D eigenvalue weighted by Crippen LogP contribution is -2.41. The van der Waals surface area contributed by atoms with Gasteiger partial charge in [-0.2, -0.15) is 0 Å². The van der Waals surface area contributed by atoms with Crippen LogP contribution in [0.1, 0.15) is 31.7 Å². The van der Waals surface area contributed by atoms with Gasteiger partial charge in [-0.3, -0.25) is 4.99 Å². The van der Waals surface area contributed by atoms with E-state index in [1.807, 2.05) is 12.1 Å². The first-order valence-electron chi connectivity index (χ1n) is 8.53. The molecule has 1 atom stereocenters. The van der Waals surface area contributed by atoms with E-state index in [1.165, 1.54) is 5.56 Å². The average Bonchev–Trinajstić information content (AvgIpc) is 3.25. The number of para-hydroxylation sites is 1. The van der Waals surface area contributed by atoms with E-state index in [1.54, 1.807) is 7.11 Å². The van der Waals surface area contributed by atoms with Crippen LogP contribution in [0.4, 0.5) is 0 Å². The number of nitrogens with zero attached hydrogens (tertiary/aromatic N) is 2. The molecule has 1 aliphatic carbocycles. The minimum absolute atomic E-state index is 0. The summed E-state index contributed by atoms with van der Waals surface area (Å²) in [6, 6.07) is 8.27. The van der Waals surface area contributed by atoms with Gasteiger partial charge in [-0.1, -0.05) is 18.2 Å². The molecule has 134 valence electrons. The van der Waals surface area contributed by atoms with Gasteiger partial charge in [-0.15, -0.1) is 24.0 Å². The highest BCUT2D eigenvalue weighted by molar-refractivity contribution is 14.0. The van der Waals surface area contributed by atoms with E-state index < -0.39 is 0 Å². The second-order valence-electron chi connectivity index (χ2n) is 6.54. The van der Waals surface area contributed by atoms with Crippen LogP contribution in [0, 0.1) is 0 Å². The monoisotopic (exact) mass is 445 g/mol. The van der Waals surface area contributed by atoms with Gasteiger partial charge >= 0.3 is 0 Å². The molecule has 2 fully saturated rings. The molecule has 0 spiro atoms. The molecule has 0 aromatic heterocycles. The molecule has 0 amide bonds. The number of nitrogens with one attached hydrogen (secondary N) is 1. The maximum Gasteiger partial charge on any atom is 0.194 e. The van der Waals surface area contributed by atoms with Gasteiger partial charge in [-0.05, 0) is 32.3 Å². The third-order valence-electron chi connectivity index (χ3n) is 4.86. The van der Waals surface area contributed by atoms with E-state index in [2.05, 4.69) is 29.3 Å². The van der Waals surface area contributed by atoms with Crippen LogP contribution in [-0.4, -0.2) is 55.4 Å². The molecule has 2 N–H and O–H groups in total. The number of guanidine groups is 1. The second kappa shape index (κ2) is 8.38. The third-order valence-corrected chi connectivity index (χ3v) is 4.86. The molecule has 1 aromatic carbocycles. The Balaban J connectivity index is 0.00000208. The van der Waals surface area contributed by atoms with Crippen LogP contribution in [0.5, 0.6) is 5.75 Å². The molecular weight excluding hydrogens is 417 g/mol. The lowest BCUT2D eigenvalue weighted by Gasteiger charge is -2.23. The van der Waals surface area contributed by atoms with Crippen molar-refractivity contribution < 1.29 is 9.84 Å². The summed E-state index contributed by atoms with van der Waals surface area (Å²) >= 11 is 0. The van der Waals surface area contributed by atoms with Crippen LogP contribution < -0.4 is 10.1 Å². The molecule has 5 nitrogen and oxygen atoms in total. The lowest BCUT2D eigenvalue weighted by molar-refractivity contribution is 0.188. The predicted octanol–water partition coefficient (Wildman–Crippen LogP) is 2.38. The Morgan fingerprint density at radius 1 is 1.42 bits per heavy atom. The molecule has 0 radical (unpaired) electrons. The third kappa shape index (κ3) is 4.14. The maximum atomic E-state index is 9.76. The minimum atomic E-state index is -0.233. The number of ether oxygens (including phenoxy) is 1. The fourth-order valence-corrected chi connectivity index (χ4v) is 3.33. The highest BCUT2D eigenvalue weighted by Crippen LogP contribution is 2.51. The molecule has 6 heteroatoms. The predicted molar refractivity (Wildman–Crippen MR) is 107 cm³/mol. The fraction of sp³-hybridized carbons (Fsp3) is 0.611. The summed E-state index contributed by atoms with van der Waals surface area (Å²) < 4.78 is 5.53. The number of hydrogen-bond donors (Lipinski definition) is 2. The number of methoxy groups -OCH3 is 1. The van der Waals surface area contributed by atoms with E-state index in [-0.39, 0.29) is 35.5 Å². The number of aliphatic hydroxyl groups is 1. The van der Waals surface area contributed by atoms with Crippen LogP contribution >= 0.6 is 24.0 Å². The van der Waals surface area contributed by atoms with E-state index in [0.717, 1.165) is 50.6 Å². The molecule has 2 aliphatic rings. The minimum Gasteiger partial charge on any atom is -0.496 e. The summed E-state index contributed by atoms with van der Waals surface area (Å²) in [7, 11) is 1.73. The number of β-amino-alcohol motifs (C(OH)–C–C–N with tert-alkyl or cyclic N) is 1.